The van der Waals surface area contributed by atoms with Crippen molar-refractivity contribution in [1.82, 2.24) is 20.2 Å². The van der Waals surface area contributed by atoms with Crippen molar-refractivity contribution >= 4 is 17.3 Å². The number of thiocarbonyl (C=S) groups is 1. The van der Waals surface area contributed by atoms with Crippen LogP contribution in [0.5, 0.6) is 0 Å². The van der Waals surface area contributed by atoms with Gasteiger partial charge in [0.2, 0.25) is 0 Å². The molecule has 82 valence electrons. The predicted molar refractivity (Wildman–Crippen MR) is 65.7 cm³/mol. The summed E-state index contributed by atoms with van der Waals surface area (Å²) in [5.41, 5.74) is 1.07. The van der Waals surface area contributed by atoms with Crippen LogP contribution in [0.4, 0.5) is 0 Å². The average molecular weight is 224 g/mol. The molecule has 0 unspecified atom stereocenters. The zero-order valence-electron chi connectivity index (χ0n) is 8.86. The molecule has 0 aliphatic rings. The first-order valence-electron chi connectivity index (χ1n) is 4.82. The van der Waals surface area contributed by atoms with Gasteiger partial charge < -0.3 is 15.2 Å². The van der Waals surface area contributed by atoms with Gasteiger partial charge in [0.1, 0.15) is 0 Å². The summed E-state index contributed by atoms with van der Waals surface area (Å²) in [7, 11) is 1.96. The molecule has 0 amide bonds. The Labute approximate surface area is 95.4 Å². The van der Waals surface area contributed by atoms with Crippen molar-refractivity contribution in [2.45, 2.75) is 6.42 Å². The summed E-state index contributed by atoms with van der Waals surface area (Å²) >= 11 is 5.04. The lowest BCUT2D eigenvalue weighted by Gasteiger charge is -2.07. The smallest absolute Gasteiger partial charge is 0.166 e. The molecule has 0 aliphatic heterocycles. The first kappa shape index (κ1) is 11.7. The summed E-state index contributed by atoms with van der Waals surface area (Å²) in [5.74, 6) is 0. The quantitative estimate of drug-likeness (QED) is 0.568. The number of nitrogens with zero attached hydrogens (tertiary/aromatic N) is 2. The van der Waals surface area contributed by atoms with Gasteiger partial charge in [0.15, 0.2) is 5.11 Å². The molecule has 1 aromatic heterocycles. The van der Waals surface area contributed by atoms with Crippen LogP contribution in [0.25, 0.3) is 0 Å². The van der Waals surface area contributed by atoms with E-state index >= 15 is 0 Å². The van der Waals surface area contributed by atoms with E-state index < -0.39 is 0 Å². The third-order valence-electron chi connectivity index (χ3n) is 1.83. The second kappa shape index (κ2) is 6.19. The van der Waals surface area contributed by atoms with E-state index in [1.54, 1.807) is 12.4 Å². The molecule has 15 heavy (non-hydrogen) atoms. The van der Waals surface area contributed by atoms with Crippen LogP contribution in [-0.2, 0) is 13.5 Å². The number of aromatic nitrogens is 2. The van der Waals surface area contributed by atoms with Gasteiger partial charge in [-0.25, -0.2) is 4.98 Å². The molecule has 0 radical (unpaired) electrons. The highest BCUT2D eigenvalue weighted by molar-refractivity contribution is 7.80. The molecular formula is C10H16N4S. The first-order valence-corrected chi connectivity index (χ1v) is 5.22. The third kappa shape index (κ3) is 4.60. The van der Waals surface area contributed by atoms with E-state index in [-0.39, 0.29) is 0 Å². The van der Waals surface area contributed by atoms with Crippen molar-refractivity contribution < 1.29 is 0 Å². The van der Waals surface area contributed by atoms with Crippen LogP contribution >= 0.6 is 12.2 Å². The van der Waals surface area contributed by atoms with Crippen molar-refractivity contribution in [3.63, 3.8) is 0 Å². The van der Waals surface area contributed by atoms with Gasteiger partial charge in [-0.1, -0.05) is 6.08 Å². The molecule has 0 aromatic carbocycles. The molecule has 0 bridgehead atoms. The van der Waals surface area contributed by atoms with Gasteiger partial charge in [0.25, 0.3) is 0 Å². The van der Waals surface area contributed by atoms with Crippen LogP contribution < -0.4 is 10.6 Å². The normalized spacial score (nSPS) is 9.67. The van der Waals surface area contributed by atoms with E-state index in [1.807, 2.05) is 17.8 Å². The lowest BCUT2D eigenvalue weighted by atomic mass is 10.3. The maximum absolute atomic E-state index is 5.04. The minimum Gasteiger partial charge on any atom is -0.362 e. The van der Waals surface area contributed by atoms with Crippen LogP contribution in [0, 0.1) is 0 Å². The van der Waals surface area contributed by atoms with E-state index in [1.165, 1.54) is 0 Å². The third-order valence-corrected chi connectivity index (χ3v) is 2.12. The van der Waals surface area contributed by atoms with Gasteiger partial charge in [-0.05, 0) is 12.2 Å². The van der Waals surface area contributed by atoms with Crippen molar-refractivity contribution in [2.24, 2.45) is 7.05 Å². The van der Waals surface area contributed by atoms with Crippen molar-refractivity contribution in [3.05, 3.63) is 30.9 Å². The van der Waals surface area contributed by atoms with Gasteiger partial charge in [-0.3, -0.25) is 0 Å². The summed E-state index contributed by atoms with van der Waals surface area (Å²) in [5, 5.41) is 6.76. The van der Waals surface area contributed by atoms with E-state index in [0.717, 1.165) is 18.7 Å². The van der Waals surface area contributed by atoms with Gasteiger partial charge in [0, 0.05) is 32.8 Å². The summed E-state index contributed by atoms with van der Waals surface area (Å²) in [4.78, 5) is 4.22. The number of imidazole rings is 1. The van der Waals surface area contributed by atoms with Gasteiger partial charge >= 0.3 is 0 Å². The Morgan fingerprint density at radius 1 is 1.67 bits per heavy atom. The van der Waals surface area contributed by atoms with Crippen LogP contribution in [-0.4, -0.2) is 27.8 Å². The highest BCUT2D eigenvalue weighted by atomic mass is 32.1. The molecular weight excluding hydrogens is 208 g/mol. The fourth-order valence-electron chi connectivity index (χ4n) is 1.13. The molecule has 4 nitrogen and oxygen atoms in total. The summed E-state index contributed by atoms with van der Waals surface area (Å²) in [6.07, 6.45) is 6.44. The molecule has 0 fully saturated rings. The maximum Gasteiger partial charge on any atom is 0.166 e. The first-order chi connectivity index (χ1) is 7.22. The van der Waals surface area contributed by atoms with E-state index in [9.17, 15) is 0 Å². The van der Waals surface area contributed by atoms with Gasteiger partial charge in [-0.2, -0.15) is 0 Å². The van der Waals surface area contributed by atoms with E-state index in [0.29, 0.717) is 11.7 Å². The van der Waals surface area contributed by atoms with Crippen LogP contribution in [0.2, 0.25) is 0 Å². The van der Waals surface area contributed by atoms with Gasteiger partial charge in [0.05, 0.1) is 12.0 Å². The molecule has 0 saturated carbocycles. The Hall–Kier alpha value is -1.36. The Balaban J connectivity index is 2.16. The minimum absolute atomic E-state index is 0.658. The lowest BCUT2D eigenvalue weighted by Crippen LogP contribution is -2.36. The number of hydrogen-bond acceptors (Lipinski definition) is 2. The average Bonchev–Trinajstić information content (AvgIpc) is 2.61. The fraction of sp³-hybridized carbons (Fsp3) is 0.400. The van der Waals surface area contributed by atoms with E-state index in [2.05, 4.69) is 22.2 Å². The zero-order valence-corrected chi connectivity index (χ0v) is 9.68. The summed E-state index contributed by atoms with van der Waals surface area (Å²) < 4.78 is 1.93. The van der Waals surface area contributed by atoms with Crippen molar-refractivity contribution in [1.29, 1.82) is 0 Å². The molecule has 1 aromatic rings. The molecule has 0 saturated heterocycles. The molecule has 2 N–H and O–H groups in total. The van der Waals surface area contributed by atoms with Crippen LogP contribution in [0.3, 0.4) is 0 Å². The number of rotatable bonds is 5. The molecule has 0 aliphatic carbocycles. The molecule has 0 spiro atoms. The minimum atomic E-state index is 0.658. The summed E-state index contributed by atoms with van der Waals surface area (Å²) in [6, 6.07) is 0. The molecule has 5 heteroatoms. The Kier molecular flexibility index (Phi) is 4.83. The fourth-order valence-corrected chi connectivity index (χ4v) is 1.31. The monoisotopic (exact) mass is 224 g/mol. The van der Waals surface area contributed by atoms with Gasteiger partial charge in [-0.15, -0.1) is 6.58 Å². The Morgan fingerprint density at radius 3 is 3.07 bits per heavy atom. The number of nitrogens with one attached hydrogen (secondary N) is 2. The van der Waals surface area contributed by atoms with Crippen molar-refractivity contribution in [3.8, 4) is 0 Å². The largest absolute Gasteiger partial charge is 0.362 e. The summed E-state index contributed by atoms with van der Waals surface area (Å²) in [6.45, 7) is 5.08. The topological polar surface area (TPSA) is 41.9 Å². The second-order valence-corrected chi connectivity index (χ2v) is 3.61. The highest BCUT2D eigenvalue weighted by Gasteiger charge is 1.97. The maximum atomic E-state index is 5.04. The van der Waals surface area contributed by atoms with Crippen LogP contribution in [0.1, 0.15) is 5.69 Å². The second-order valence-electron chi connectivity index (χ2n) is 3.21. The SMILES string of the molecule is C=CCNC(=S)NCCc1cn(C)cn1. The van der Waals surface area contributed by atoms with Crippen molar-refractivity contribution in [2.75, 3.05) is 13.1 Å². The molecule has 1 heterocycles. The molecule has 0 atom stereocenters. The predicted octanol–water partition coefficient (Wildman–Crippen LogP) is 0.613. The Bertz CT molecular complexity index is 332. The highest BCUT2D eigenvalue weighted by Crippen LogP contribution is 1.93. The van der Waals surface area contributed by atoms with E-state index in [4.69, 9.17) is 12.2 Å². The number of aryl methyl sites for hydroxylation is 1. The number of hydrogen-bond donors (Lipinski definition) is 2. The standard InChI is InChI=1S/C10H16N4S/c1-3-5-11-10(15)12-6-4-9-7-14(2)8-13-9/h3,7-8H,1,4-6H2,2H3,(H2,11,12,15). The Morgan fingerprint density at radius 2 is 2.47 bits per heavy atom. The zero-order chi connectivity index (χ0) is 11.1. The molecule has 1 rings (SSSR count). The van der Waals surface area contributed by atoms with Crippen LogP contribution in [0.15, 0.2) is 25.2 Å². The lowest BCUT2D eigenvalue weighted by molar-refractivity contribution is 0.825.